The first-order valence-electron chi connectivity index (χ1n) is 21.2. The zero-order valence-corrected chi connectivity index (χ0v) is 37.6. The van der Waals surface area contributed by atoms with E-state index in [1.54, 1.807) is 29.7 Å². The number of halogens is 1. The number of rotatable bonds is 18. The standard InChI is InChI=1S/C43H55FN12O7S/c1-7-30-37(64-25(4)52(30)5)41(60)50-43-47-28-20-26(38(45)57)22-31(61-6)34(28)54(43)13-9-10-14-55-35-29(48-42(55)49-40(59)36-33(44)24(3)51-56(36)8-2)21-27(39(46)58)23-32(35)63-17-11-12-53-15-18-62-19-16-53/h9-10,20-23,25,43,47H,7-8,11-19H2,1-6H3,(H2,45,57)(H2,46,58)(H,50,60)(H,48,49,59)/b10-9+. The lowest BCUT2D eigenvalue weighted by Crippen LogP contribution is -2.50. The van der Waals surface area contributed by atoms with Gasteiger partial charge in [0.2, 0.25) is 17.8 Å². The fraction of sp³-hybridized carbons (Fsp3) is 0.442. The second-order valence-electron chi connectivity index (χ2n) is 15.5. The third-order valence-corrected chi connectivity index (χ3v) is 12.7. The van der Waals surface area contributed by atoms with Gasteiger partial charge in [-0.2, -0.15) is 5.10 Å². The Kier molecular flexibility index (Phi) is 14.0. The van der Waals surface area contributed by atoms with Crippen molar-refractivity contribution in [2.75, 3.05) is 75.7 Å². The van der Waals surface area contributed by atoms with Crippen LogP contribution >= 0.6 is 11.8 Å². The van der Waals surface area contributed by atoms with E-state index < -0.39 is 29.8 Å². The number of nitrogens with two attached hydrogens (primary N) is 2. The number of hydrogen-bond acceptors (Lipinski definition) is 14. The first-order valence-corrected chi connectivity index (χ1v) is 22.1. The number of thioether (sulfide) groups is 1. The van der Waals surface area contributed by atoms with Crippen molar-refractivity contribution >= 4 is 63.7 Å². The van der Waals surface area contributed by atoms with E-state index in [9.17, 15) is 19.2 Å². The normalized spacial score (nSPS) is 17.6. The van der Waals surface area contributed by atoms with Crippen LogP contribution in [0.4, 0.5) is 21.7 Å². The first kappa shape index (κ1) is 45.7. The minimum atomic E-state index is -0.772. The van der Waals surface area contributed by atoms with Crippen molar-refractivity contribution in [3.05, 3.63) is 75.4 Å². The molecule has 2 atom stereocenters. The van der Waals surface area contributed by atoms with Crippen LogP contribution in [0.5, 0.6) is 11.5 Å². The molecule has 0 bridgehead atoms. The number of imidazole rings is 1. The number of carbonyl (C=O) groups is 4. The number of aryl methyl sites for hydroxylation is 2. The number of morpholine rings is 1. The lowest BCUT2D eigenvalue weighted by Gasteiger charge is -2.27. The van der Waals surface area contributed by atoms with Crippen molar-refractivity contribution in [2.45, 2.75) is 65.3 Å². The molecule has 0 aliphatic carbocycles. The van der Waals surface area contributed by atoms with Gasteiger partial charge >= 0.3 is 0 Å². The molecule has 64 heavy (non-hydrogen) atoms. The quantitative estimate of drug-likeness (QED) is 0.0707. The third-order valence-electron chi connectivity index (χ3n) is 11.4. The fourth-order valence-corrected chi connectivity index (χ4v) is 9.26. The molecular weight excluding hydrogens is 848 g/mol. The average Bonchev–Trinajstić information content (AvgIpc) is 3.99. The Morgan fingerprint density at radius 2 is 1.73 bits per heavy atom. The first-order chi connectivity index (χ1) is 30.7. The topological polar surface area (TPSA) is 229 Å². The minimum absolute atomic E-state index is 0.0533. The van der Waals surface area contributed by atoms with Crippen molar-refractivity contribution in [3.8, 4) is 11.5 Å². The number of methoxy groups -OCH3 is 1. The number of nitrogens with zero attached hydrogens (tertiary/aromatic N) is 7. The Labute approximate surface area is 374 Å². The van der Waals surface area contributed by atoms with Crippen LogP contribution < -0.4 is 41.8 Å². The monoisotopic (exact) mass is 902 g/mol. The number of aromatic nitrogens is 4. The number of hydrogen-bond donors (Lipinski definition) is 5. The molecule has 3 aliphatic rings. The van der Waals surface area contributed by atoms with Crippen molar-refractivity contribution < 1.29 is 37.8 Å². The number of primary amides is 2. The van der Waals surface area contributed by atoms with E-state index in [-0.39, 0.29) is 59.4 Å². The van der Waals surface area contributed by atoms with E-state index >= 15 is 4.39 Å². The van der Waals surface area contributed by atoms with Crippen LogP contribution in [-0.2, 0) is 22.6 Å². The average molecular weight is 903 g/mol. The molecule has 0 saturated carbocycles. The Morgan fingerprint density at radius 3 is 2.42 bits per heavy atom. The zero-order chi connectivity index (χ0) is 45.8. The second-order valence-corrected chi connectivity index (χ2v) is 16.8. The summed E-state index contributed by atoms with van der Waals surface area (Å²) in [6.07, 6.45) is 4.28. The second kappa shape index (κ2) is 19.6. The summed E-state index contributed by atoms with van der Waals surface area (Å²) in [5.74, 6) is -2.40. The zero-order valence-electron chi connectivity index (χ0n) is 36.8. The van der Waals surface area contributed by atoms with E-state index in [2.05, 4.69) is 30.8 Å². The van der Waals surface area contributed by atoms with Gasteiger partial charge in [0.1, 0.15) is 22.7 Å². The molecule has 2 aromatic heterocycles. The predicted octanol–water partition coefficient (Wildman–Crippen LogP) is 3.79. The van der Waals surface area contributed by atoms with Gasteiger partial charge in [0.05, 0.1) is 54.1 Å². The van der Waals surface area contributed by atoms with Crippen LogP contribution in [0, 0.1) is 12.7 Å². The molecule has 7 rings (SSSR count). The summed E-state index contributed by atoms with van der Waals surface area (Å²) in [5.41, 5.74) is 14.5. The van der Waals surface area contributed by atoms with E-state index in [4.69, 9.17) is 30.7 Å². The maximum absolute atomic E-state index is 15.3. The molecule has 342 valence electrons. The minimum Gasteiger partial charge on any atom is -0.494 e. The van der Waals surface area contributed by atoms with Crippen LogP contribution in [0.1, 0.15) is 70.5 Å². The number of ether oxygens (including phenoxy) is 3. The number of allylic oxidation sites excluding steroid dienone is 2. The molecule has 1 fully saturated rings. The molecule has 21 heteroatoms. The van der Waals surface area contributed by atoms with Gasteiger partial charge < -0.3 is 50.7 Å². The summed E-state index contributed by atoms with van der Waals surface area (Å²) >= 11 is 1.48. The van der Waals surface area contributed by atoms with E-state index in [0.29, 0.717) is 71.5 Å². The van der Waals surface area contributed by atoms with Crippen molar-refractivity contribution in [1.82, 2.24) is 34.4 Å². The molecule has 4 amide bonds. The number of benzene rings is 2. The maximum Gasteiger partial charge on any atom is 0.279 e. The SMILES string of the molecule is CCC1=C(C(=O)NC2Nc3cc(C(N)=O)cc(OC)c3N2C/C=C/Cn2c(NC(=O)c3c(F)c(C)nn3CC)nc3cc(C(N)=O)cc(OCCCN4CCOCC4)c32)SC(C)N1C. The summed E-state index contributed by atoms with van der Waals surface area (Å²) in [4.78, 5) is 64.2. The lowest BCUT2D eigenvalue weighted by molar-refractivity contribution is -0.117. The Bertz CT molecular complexity index is 2520. The fourth-order valence-electron chi connectivity index (χ4n) is 8.04. The van der Waals surface area contributed by atoms with Crippen LogP contribution in [0.15, 0.2) is 47.0 Å². The predicted molar refractivity (Wildman–Crippen MR) is 242 cm³/mol. The highest BCUT2D eigenvalue weighted by Gasteiger charge is 2.36. The Balaban J connectivity index is 1.23. The number of nitrogens with one attached hydrogen (secondary N) is 3. The highest BCUT2D eigenvalue weighted by molar-refractivity contribution is 8.04. The van der Waals surface area contributed by atoms with Gasteiger partial charge in [0, 0.05) is 63.1 Å². The summed E-state index contributed by atoms with van der Waals surface area (Å²) in [6, 6.07) is 6.23. The molecule has 0 spiro atoms. The number of fused-ring (bicyclic) bond motifs is 2. The van der Waals surface area contributed by atoms with Crippen LogP contribution in [-0.4, -0.2) is 125 Å². The molecule has 2 unspecified atom stereocenters. The molecule has 7 N–H and O–H groups in total. The highest BCUT2D eigenvalue weighted by atomic mass is 32.2. The number of carbonyl (C=O) groups excluding carboxylic acids is 4. The largest absolute Gasteiger partial charge is 0.494 e. The van der Waals surface area contributed by atoms with Gasteiger partial charge in [-0.25, -0.2) is 9.37 Å². The molecule has 0 radical (unpaired) electrons. The highest BCUT2D eigenvalue weighted by Crippen LogP contribution is 2.44. The number of anilines is 3. The molecule has 1 saturated heterocycles. The Hall–Kier alpha value is -6.32. The summed E-state index contributed by atoms with van der Waals surface area (Å²) < 4.78 is 35.9. The summed E-state index contributed by atoms with van der Waals surface area (Å²) in [6.45, 7) is 11.9. The van der Waals surface area contributed by atoms with Gasteiger partial charge in [0.25, 0.3) is 11.8 Å². The summed E-state index contributed by atoms with van der Waals surface area (Å²) in [5, 5.41) is 13.5. The molecule has 5 heterocycles. The van der Waals surface area contributed by atoms with Crippen molar-refractivity contribution in [2.24, 2.45) is 11.5 Å². The molecule has 3 aliphatic heterocycles. The van der Waals surface area contributed by atoms with Crippen molar-refractivity contribution in [3.63, 3.8) is 0 Å². The third kappa shape index (κ3) is 9.32. The molecule has 2 aromatic carbocycles. The van der Waals surface area contributed by atoms with E-state index in [1.807, 2.05) is 37.9 Å². The van der Waals surface area contributed by atoms with Crippen molar-refractivity contribution in [1.29, 1.82) is 0 Å². The molecule has 19 nitrogen and oxygen atoms in total. The van der Waals surface area contributed by atoms with Gasteiger partial charge in [-0.1, -0.05) is 30.8 Å². The number of amides is 4. The van der Waals surface area contributed by atoms with Crippen LogP contribution in [0.3, 0.4) is 0 Å². The smallest absolute Gasteiger partial charge is 0.279 e. The Morgan fingerprint density at radius 1 is 1.03 bits per heavy atom. The maximum atomic E-state index is 15.3. The lowest BCUT2D eigenvalue weighted by atomic mass is 10.1. The van der Waals surface area contributed by atoms with E-state index in [1.165, 1.54) is 36.5 Å². The van der Waals surface area contributed by atoms with E-state index in [0.717, 1.165) is 25.3 Å². The molecular formula is C43H55FN12O7S. The summed E-state index contributed by atoms with van der Waals surface area (Å²) in [7, 11) is 3.45. The van der Waals surface area contributed by atoms with Gasteiger partial charge in [-0.05, 0) is 57.9 Å². The molecule has 4 aromatic rings. The van der Waals surface area contributed by atoms with Gasteiger partial charge in [-0.3, -0.25) is 34.1 Å². The van der Waals surface area contributed by atoms with Gasteiger partial charge in [0.15, 0.2) is 17.8 Å². The van der Waals surface area contributed by atoms with Gasteiger partial charge in [-0.15, -0.1) is 0 Å². The van der Waals surface area contributed by atoms with Crippen LogP contribution in [0.25, 0.3) is 11.0 Å². The van der Waals surface area contributed by atoms with Crippen LogP contribution in [0.2, 0.25) is 0 Å².